The molecular formula is C23H22N6O5. The highest BCUT2D eigenvalue weighted by molar-refractivity contribution is 6.26. The maximum atomic E-state index is 13.0. The van der Waals surface area contributed by atoms with Crippen LogP contribution in [0.5, 0.6) is 0 Å². The number of rotatable bonds is 6. The zero-order chi connectivity index (χ0) is 23.8. The fourth-order valence-corrected chi connectivity index (χ4v) is 4.65. The lowest BCUT2D eigenvalue weighted by atomic mass is 9.90. The minimum Gasteiger partial charge on any atom is -0.571 e. The van der Waals surface area contributed by atoms with Crippen molar-refractivity contribution in [3.8, 4) is 0 Å². The number of piperazine rings is 1. The number of para-hydroxylation sites is 2. The summed E-state index contributed by atoms with van der Waals surface area (Å²) < 4.78 is 1.23. The first-order valence-electron chi connectivity index (χ1n) is 11.1. The lowest BCUT2D eigenvalue weighted by Gasteiger charge is -2.35. The minimum absolute atomic E-state index is 0.0416. The van der Waals surface area contributed by atoms with E-state index in [1.807, 2.05) is 4.90 Å². The largest absolute Gasteiger partial charge is 0.571 e. The van der Waals surface area contributed by atoms with Gasteiger partial charge in [0, 0.05) is 60.0 Å². The van der Waals surface area contributed by atoms with Crippen LogP contribution < -0.4 is 9.86 Å². The number of nitro benzene ring substituents is 1. The molecule has 0 radical (unpaired) electrons. The standard InChI is InChI=1S/C23H22N6O5/c30-22-16-6-1-2-7-17(16)23(31)21-20(22)24-29(34)27(21)11-5-10-25-12-14-26(15-13-25)18-8-3-4-9-19(18)28(32)33/h1-4,6-9H,5,10-15H2. The number of aromatic nitrogens is 3. The molecule has 2 aromatic carbocycles. The average molecular weight is 462 g/mol. The fourth-order valence-electron chi connectivity index (χ4n) is 4.65. The molecular weight excluding hydrogens is 440 g/mol. The Morgan fingerprint density at radius 2 is 1.56 bits per heavy atom. The van der Waals surface area contributed by atoms with Crippen molar-refractivity contribution in [1.82, 2.24) is 14.7 Å². The second-order valence-electron chi connectivity index (χ2n) is 8.30. The number of benzene rings is 2. The molecule has 1 aliphatic heterocycles. The number of hydrogen-bond donors (Lipinski definition) is 0. The van der Waals surface area contributed by atoms with Gasteiger partial charge in [0.05, 0.1) is 11.5 Å². The van der Waals surface area contributed by atoms with Gasteiger partial charge in [-0.05, 0) is 12.5 Å². The van der Waals surface area contributed by atoms with E-state index in [0.717, 1.165) is 13.1 Å². The van der Waals surface area contributed by atoms with Crippen LogP contribution in [0.4, 0.5) is 11.4 Å². The summed E-state index contributed by atoms with van der Waals surface area (Å²) in [5.74, 6) is -0.787. The van der Waals surface area contributed by atoms with E-state index in [2.05, 4.69) is 10.00 Å². The van der Waals surface area contributed by atoms with Crippen LogP contribution in [0, 0.1) is 15.3 Å². The Hall–Kier alpha value is -4.12. The van der Waals surface area contributed by atoms with E-state index in [4.69, 9.17) is 0 Å². The number of ketones is 2. The van der Waals surface area contributed by atoms with Crippen molar-refractivity contribution in [2.24, 2.45) is 0 Å². The summed E-state index contributed by atoms with van der Waals surface area (Å²) in [5.41, 5.74) is 1.21. The predicted octanol–water partition coefficient (Wildman–Crippen LogP) is 1.41. The number of hydrogen-bond acceptors (Lipinski definition) is 8. The molecule has 2 aliphatic rings. The Morgan fingerprint density at radius 3 is 2.26 bits per heavy atom. The molecule has 0 unspecified atom stereocenters. The molecule has 11 heteroatoms. The number of nitro groups is 1. The molecule has 1 saturated heterocycles. The third-order valence-electron chi connectivity index (χ3n) is 6.36. The molecule has 3 aromatic rings. The number of anilines is 1. The molecule has 2 heterocycles. The van der Waals surface area contributed by atoms with Crippen molar-refractivity contribution in [3.63, 3.8) is 0 Å². The van der Waals surface area contributed by atoms with Gasteiger partial charge in [0.25, 0.3) is 5.69 Å². The SMILES string of the molecule is O=C1c2ccccc2C(=O)c2c1n[n+]([O-])n2CCCN1CCN(c2ccccc2[N+](=O)[O-])CC1. The molecule has 0 atom stereocenters. The fraction of sp³-hybridized carbons (Fsp3) is 0.304. The molecule has 11 nitrogen and oxygen atoms in total. The zero-order valence-electron chi connectivity index (χ0n) is 18.3. The lowest BCUT2D eigenvalue weighted by molar-refractivity contribution is -0.749. The first-order valence-corrected chi connectivity index (χ1v) is 11.1. The smallest absolute Gasteiger partial charge is 0.292 e. The summed E-state index contributed by atoms with van der Waals surface area (Å²) in [4.78, 5) is 41.2. The van der Waals surface area contributed by atoms with Gasteiger partial charge < -0.3 is 10.1 Å². The third kappa shape index (κ3) is 3.69. The minimum atomic E-state index is -0.417. The van der Waals surface area contributed by atoms with Crippen LogP contribution in [0.2, 0.25) is 0 Å². The van der Waals surface area contributed by atoms with Crippen LogP contribution in [-0.4, -0.2) is 63.9 Å². The topological polar surface area (TPSA) is 129 Å². The van der Waals surface area contributed by atoms with Crippen LogP contribution in [0.25, 0.3) is 0 Å². The van der Waals surface area contributed by atoms with Crippen molar-refractivity contribution >= 4 is 22.9 Å². The predicted molar refractivity (Wildman–Crippen MR) is 121 cm³/mol. The van der Waals surface area contributed by atoms with Gasteiger partial charge in [-0.1, -0.05) is 36.4 Å². The number of fused-ring (bicyclic) bond motifs is 2. The molecule has 0 amide bonds. The van der Waals surface area contributed by atoms with Gasteiger partial charge in [-0.15, -0.1) is 4.68 Å². The van der Waals surface area contributed by atoms with Gasteiger partial charge in [-0.2, -0.15) is 0 Å². The molecule has 0 saturated carbocycles. The van der Waals surface area contributed by atoms with Crippen molar-refractivity contribution < 1.29 is 19.5 Å². The molecule has 0 spiro atoms. The average Bonchev–Trinajstić information content (AvgIpc) is 3.19. The highest BCUT2D eigenvalue weighted by Gasteiger charge is 2.39. The Labute approximate surface area is 194 Å². The van der Waals surface area contributed by atoms with Crippen LogP contribution in [0.15, 0.2) is 48.5 Å². The Kier molecular flexibility index (Phi) is 5.54. The molecule has 0 N–H and O–H groups in total. The Bertz CT molecular complexity index is 1290. The van der Waals surface area contributed by atoms with E-state index >= 15 is 0 Å². The summed E-state index contributed by atoms with van der Waals surface area (Å²) in [5, 5.41) is 27.5. The van der Waals surface area contributed by atoms with Gasteiger partial charge in [0.15, 0.2) is 5.69 Å². The highest BCUT2D eigenvalue weighted by Crippen LogP contribution is 2.28. The highest BCUT2D eigenvalue weighted by atomic mass is 16.6. The van der Waals surface area contributed by atoms with E-state index in [0.29, 0.717) is 36.7 Å². The monoisotopic (exact) mass is 462 g/mol. The van der Waals surface area contributed by atoms with Crippen molar-refractivity contribution in [3.05, 3.63) is 86.4 Å². The maximum absolute atomic E-state index is 13.0. The van der Waals surface area contributed by atoms with E-state index in [-0.39, 0.29) is 45.5 Å². The van der Waals surface area contributed by atoms with Crippen molar-refractivity contribution in [1.29, 1.82) is 0 Å². The third-order valence-corrected chi connectivity index (χ3v) is 6.36. The van der Waals surface area contributed by atoms with Crippen LogP contribution in [0.3, 0.4) is 0 Å². The summed E-state index contributed by atoms with van der Waals surface area (Å²) in [6.45, 7) is 3.66. The quantitative estimate of drug-likeness (QED) is 0.182. The Morgan fingerprint density at radius 1 is 0.912 bits per heavy atom. The van der Waals surface area contributed by atoms with Gasteiger partial charge in [-0.3, -0.25) is 24.6 Å². The zero-order valence-corrected chi connectivity index (χ0v) is 18.3. The molecule has 0 bridgehead atoms. The first kappa shape index (κ1) is 21.7. The molecule has 5 rings (SSSR count). The van der Waals surface area contributed by atoms with E-state index in [1.54, 1.807) is 42.5 Å². The summed E-state index contributed by atoms with van der Waals surface area (Å²) in [6, 6.07) is 13.2. The van der Waals surface area contributed by atoms with Gasteiger partial charge >= 0.3 is 0 Å². The van der Waals surface area contributed by atoms with E-state index < -0.39 is 5.78 Å². The summed E-state index contributed by atoms with van der Waals surface area (Å²) >= 11 is 0. The second kappa shape index (κ2) is 8.67. The molecule has 34 heavy (non-hydrogen) atoms. The summed E-state index contributed by atoms with van der Waals surface area (Å²) in [7, 11) is 0. The summed E-state index contributed by atoms with van der Waals surface area (Å²) in [6.07, 6.45) is 0.583. The Balaban J connectivity index is 1.22. The number of nitrogens with zero attached hydrogens (tertiary/aromatic N) is 6. The van der Waals surface area contributed by atoms with Crippen LogP contribution in [0.1, 0.15) is 38.5 Å². The molecule has 1 fully saturated rings. The van der Waals surface area contributed by atoms with E-state index in [1.165, 1.54) is 10.7 Å². The van der Waals surface area contributed by atoms with E-state index in [9.17, 15) is 24.9 Å². The van der Waals surface area contributed by atoms with Crippen LogP contribution in [-0.2, 0) is 6.54 Å². The van der Waals surface area contributed by atoms with Gasteiger partial charge in [0.2, 0.25) is 17.3 Å². The van der Waals surface area contributed by atoms with Crippen molar-refractivity contribution in [2.45, 2.75) is 13.0 Å². The number of carbonyl (C=O) groups excluding carboxylic acids is 2. The van der Waals surface area contributed by atoms with Gasteiger partial charge in [-0.25, -0.2) is 0 Å². The van der Waals surface area contributed by atoms with Crippen molar-refractivity contribution in [2.75, 3.05) is 37.6 Å². The maximum Gasteiger partial charge on any atom is 0.292 e. The number of carbonyl (C=O) groups is 2. The first-order chi connectivity index (χ1) is 16.5. The normalized spacial score (nSPS) is 15.8. The molecule has 1 aromatic heterocycles. The molecule has 1 aliphatic carbocycles. The van der Waals surface area contributed by atoms with Crippen LogP contribution >= 0.6 is 0 Å². The van der Waals surface area contributed by atoms with Gasteiger partial charge in [0.1, 0.15) is 5.69 Å². The lowest BCUT2D eigenvalue weighted by Crippen LogP contribution is -2.47. The second-order valence-corrected chi connectivity index (χ2v) is 8.30. The molecule has 174 valence electrons.